The van der Waals surface area contributed by atoms with Gasteiger partial charge in [-0.3, -0.25) is 4.79 Å². The first kappa shape index (κ1) is 24.1. The van der Waals surface area contributed by atoms with Crippen LogP contribution in [0.2, 0.25) is 0 Å². The van der Waals surface area contributed by atoms with Gasteiger partial charge in [0, 0.05) is 11.5 Å². The number of fused-ring (bicyclic) bond motifs is 2. The molecule has 2 atom stereocenters. The zero-order valence-corrected chi connectivity index (χ0v) is 20.3. The van der Waals surface area contributed by atoms with E-state index in [0.717, 1.165) is 0 Å². The molecule has 0 aromatic heterocycles. The summed E-state index contributed by atoms with van der Waals surface area (Å²) in [5.74, 6) is -0.889. The highest BCUT2D eigenvalue weighted by atomic mass is 16.7. The maximum atomic E-state index is 13.3. The van der Waals surface area contributed by atoms with Crippen molar-refractivity contribution in [1.29, 1.82) is 0 Å². The fraction of sp³-hybridized carbons (Fsp3) is 0.360. The predicted octanol–water partition coefficient (Wildman–Crippen LogP) is 2.91. The SMILES string of the molecule is COC(=O)C1=C(OC)c2cc3c(cc2C(c2cc(OC)c(OC)c(OC)c2)[C@@H]1C(=O)OC)OCO3. The van der Waals surface area contributed by atoms with Gasteiger partial charge in [0.1, 0.15) is 11.7 Å². The average Bonchev–Trinajstić information content (AvgIpc) is 3.36. The van der Waals surface area contributed by atoms with Gasteiger partial charge in [-0.1, -0.05) is 0 Å². The van der Waals surface area contributed by atoms with Crippen molar-refractivity contribution in [3.63, 3.8) is 0 Å². The van der Waals surface area contributed by atoms with Gasteiger partial charge in [0.25, 0.3) is 0 Å². The van der Waals surface area contributed by atoms with Crippen LogP contribution in [0.3, 0.4) is 0 Å². The van der Waals surface area contributed by atoms with Crippen LogP contribution in [-0.4, -0.2) is 61.4 Å². The third kappa shape index (κ3) is 3.84. The molecule has 0 saturated heterocycles. The van der Waals surface area contributed by atoms with E-state index in [9.17, 15) is 9.59 Å². The Morgan fingerprint density at radius 3 is 1.94 bits per heavy atom. The second-order valence-corrected chi connectivity index (χ2v) is 7.67. The molecule has 2 aromatic rings. The number of carbonyl (C=O) groups excluding carboxylic acids is 2. The number of methoxy groups -OCH3 is 6. The first-order chi connectivity index (χ1) is 16.9. The van der Waals surface area contributed by atoms with E-state index in [1.165, 1.54) is 42.7 Å². The van der Waals surface area contributed by atoms with E-state index < -0.39 is 23.8 Å². The van der Waals surface area contributed by atoms with E-state index in [-0.39, 0.29) is 18.1 Å². The lowest BCUT2D eigenvalue weighted by molar-refractivity contribution is -0.148. The molecule has 0 saturated carbocycles. The zero-order chi connectivity index (χ0) is 25.3. The van der Waals surface area contributed by atoms with Crippen molar-refractivity contribution < 1.29 is 47.5 Å². The Morgan fingerprint density at radius 2 is 1.43 bits per heavy atom. The second kappa shape index (κ2) is 9.65. The zero-order valence-electron chi connectivity index (χ0n) is 20.3. The molecule has 35 heavy (non-hydrogen) atoms. The summed E-state index contributed by atoms with van der Waals surface area (Å²) in [6, 6.07) is 6.94. The van der Waals surface area contributed by atoms with Gasteiger partial charge in [-0.15, -0.1) is 0 Å². The summed E-state index contributed by atoms with van der Waals surface area (Å²) in [5.41, 5.74) is 1.83. The molecule has 0 N–H and O–H groups in total. The predicted molar refractivity (Wildman–Crippen MR) is 122 cm³/mol. The molecule has 10 heteroatoms. The molecule has 186 valence electrons. The number of ether oxygens (including phenoxy) is 8. The first-order valence-corrected chi connectivity index (χ1v) is 10.6. The van der Waals surface area contributed by atoms with E-state index in [1.807, 2.05) is 0 Å². The van der Waals surface area contributed by atoms with E-state index in [4.69, 9.17) is 37.9 Å². The molecule has 1 unspecified atom stereocenters. The van der Waals surface area contributed by atoms with Crippen LogP contribution in [0.25, 0.3) is 5.76 Å². The smallest absolute Gasteiger partial charge is 0.338 e. The van der Waals surface area contributed by atoms with Crippen molar-refractivity contribution in [2.45, 2.75) is 5.92 Å². The number of benzene rings is 2. The summed E-state index contributed by atoms with van der Waals surface area (Å²) in [6.07, 6.45) is 0. The molecule has 0 spiro atoms. The highest BCUT2D eigenvalue weighted by Gasteiger charge is 2.47. The molecular weight excluding hydrogens is 460 g/mol. The average molecular weight is 486 g/mol. The Labute approximate surface area is 202 Å². The third-order valence-electron chi connectivity index (χ3n) is 6.12. The van der Waals surface area contributed by atoms with Crippen molar-refractivity contribution in [3.8, 4) is 28.7 Å². The summed E-state index contributed by atoms with van der Waals surface area (Å²) in [6.45, 7) is 0.0450. The molecule has 0 bridgehead atoms. The normalized spacial score (nSPS) is 17.9. The molecule has 4 rings (SSSR count). The summed E-state index contributed by atoms with van der Waals surface area (Å²) < 4.78 is 43.5. The van der Waals surface area contributed by atoms with Gasteiger partial charge >= 0.3 is 11.9 Å². The lowest BCUT2D eigenvalue weighted by Gasteiger charge is -2.34. The van der Waals surface area contributed by atoms with Crippen molar-refractivity contribution in [3.05, 3.63) is 46.5 Å². The van der Waals surface area contributed by atoms with Crippen molar-refractivity contribution in [2.24, 2.45) is 5.92 Å². The van der Waals surface area contributed by atoms with Gasteiger partial charge in [-0.05, 0) is 35.4 Å². The Kier molecular flexibility index (Phi) is 6.63. The molecule has 2 aromatic carbocycles. The van der Waals surface area contributed by atoms with Crippen LogP contribution < -0.4 is 23.7 Å². The molecule has 1 heterocycles. The van der Waals surface area contributed by atoms with E-state index in [0.29, 0.717) is 45.4 Å². The monoisotopic (exact) mass is 486 g/mol. The Hall–Kier alpha value is -4.08. The lowest BCUT2D eigenvalue weighted by Crippen LogP contribution is -2.34. The largest absolute Gasteiger partial charge is 0.496 e. The minimum absolute atomic E-state index is 0.0203. The molecule has 10 nitrogen and oxygen atoms in total. The number of hydrogen-bond donors (Lipinski definition) is 0. The first-order valence-electron chi connectivity index (χ1n) is 10.6. The van der Waals surface area contributed by atoms with Gasteiger partial charge in [0.05, 0.1) is 48.2 Å². The fourth-order valence-electron chi connectivity index (χ4n) is 4.63. The van der Waals surface area contributed by atoms with Crippen molar-refractivity contribution >= 4 is 17.7 Å². The molecule has 0 amide bonds. The van der Waals surface area contributed by atoms with Gasteiger partial charge < -0.3 is 37.9 Å². The maximum Gasteiger partial charge on any atom is 0.338 e. The number of carbonyl (C=O) groups is 2. The molecule has 0 fully saturated rings. The van der Waals surface area contributed by atoms with Gasteiger partial charge in [0.2, 0.25) is 12.5 Å². The summed E-state index contributed by atoms with van der Waals surface area (Å²) >= 11 is 0. The molecule has 2 aliphatic rings. The topological polar surface area (TPSA) is 108 Å². The van der Waals surface area contributed by atoms with Crippen molar-refractivity contribution in [1.82, 2.24) is 0 Å². The summed E-state index contributed by atoms with van der Waals surface area (Å²) in [7, 11) is 8.40. The minimum atomic E-state index is -1.11. The number of rotatable bonds is 7. The fourth-order valence-corrected chi connectivity index (χ4v) is 4.63. The lowest BCUT2D eigenvalue weighted by atomic mass is 9.70. The van der Waals surface area contributed by atoms with E-state index in [2.05, 4.69) is 0 Å². The highest BCUT2D eigenvalue weighted by molar-refractivity contribution is 6.04. The van der Waals surface area contributed by atoms with Crippen LogP contribution in [-0.2, 0) is 23.8 Å². The second-order valence-electron chi connectivity index (χ2n) is 7.67. The van der Waals surface area contributed by atoms with Crippen LogP contribution in [0.5, 0.6) is 28.7 Å². The minimum Gasteiger partial charge on any atom is -0.496 e. The van der Waals surface area contributed by atoms with Crippen LogP contribution in [0.15, 0.2) is 29.8 Å². The molecule has 1 aliphatic carbocycles. The summed E-state index contributed by atoms with van der Waals surface area (Å²) in [5, 5.41) is 0. The number of esters is 2. The number of hydrogen-bond acceptors (Lipinski definition) is 10. The van der Waals surface area contributed by atoms with Crippen molar-refractivity contribution in [2.75, 3.05) is 49.5 Å². The van der Waals surface area contributed by atoms with E-state index >= 15 is 0 Å². The summed E-state index contributed by atoms with van der Waals surface area (Å²) in [4.78, 5) is 26.3. The van der Waals surface area contributed by atoms with Crippen LogP contribution in [0.1, 0.15) is 22.6 Å². The van der Waals surface area contributed by atoms with Gasteiger partial charge in [-0.2, -0.15) is 0 Å². The molecular formula is C25H26O10. The Morgan fingerprint density at radius 1 is 0.800 bits per heavy atom. The van der Waals surface area contributed by atoms with E-state index in [1.54, 1.807) is 24.3 Å². The maximum absolute atomic E-state index is 13.3. The van der Waals surface area contributed by atoms with Crippen LogP contribution in [0.4, 0.5) is 0 Å². The Bertz CT molecular complexity index is 1170. The third-order valence-corrected chi connectivity index (χ3v) is 6.12. The standard InChI is InChI=1S/C25H26O10/c1-28-17-7-12(8-18(29-2)23(17)31-4)19-13-9-15-16(35-11-34-15)10-14(13)22(30-3)21(25(27)33-6)20(19)24(26)32-5/h7-10,19-20H,11H2,1-6H3/t19?,20-/m0/s1. The van der Waals surface area contributed by atoms with Crippen LogP contribution >= 0.6 is 0 Å². The van der Waals surface area contributed by atoms with Gasteiger partial charge in [0.15, 0.2) is 23.0 Å². The quantitative estimate of drug-likeness (QED) is 0.542. The molecule has 0 radical (unpaired) electrons. The van der Waals surface area contributed by atoms with Gasteiger partial charge in [-0.25, -0.2) is 4.79 Å². The van der Waals surface area contributed by atoms with Crippen LogP contribution in [0, 0.1) is 5.92 Å². The molecule has 1 aliphatic heterocycles. The Balaban J connectivity index is 2.09. The highest BCUT2D eigenvalue weighted by Crippen LogP contribution is 2.52.